The summed E-state index contributed by atoms with van der Waals surface area (Å²) < 4.78 is 0. The van der Waals surface area contributed by atoms with E-state index in [1.54, 1.807) is 0 Å². The quantitative estimate of drug-likeness (QED) is 0.0540. The van der Waals surface area contributed by atoms with Gasteiger partial charge in [-0.05, 0) is 127 Å². The molecule has 0 aliphatic carbocycles. The van der Waals surface area contributed by atoms with Crippen LogP contribution in [0.25, 0.3) is 20.3 Å². The number of rotatable bonds is 20. The molecule has 8 rings (SSSR count). The van der Waals surface area contributed by atoms with Gasteiger partial charge in [0.25, 0.3) is 0 Å². The van der Waals surface area contributed by atoms with Crippen LogP contribution in [0.5, 0.6) is 0 Å². The van der Waals surface area contributed by atoms with Crippen molar-refractivity contribution in [3.63, 3.8) is 0 Å². The average Bonchev–Trinajstić information content (AvgIpc) is 3.40. The smallest absolute Gasteiger partial charge is 0.482 e. The molecule has 0 bridgehead atoms. The van der Waals surface area contributed by atoms with Crippen LogP contribution in [-0.2, 0) is 26.2 Å². The van der Waals surface area contributed by atoms with E-state index in [1.807, 2.05) is 0 Å². The second-order valence-corrected chi connectivity index (χ2v) is 29.6. The predicted molar refractivity (Wildman–Crippen MR) is 302 cm³/mol. The number of benzene rings is 8. The Labute approximate surface area is 423 Å². The third kappa shape index (κ3) is 13.7. The molecular formula is C58H64N4P4Zr+4. The van der Waals surface area contributed by atoms with E-state index in [0.29, 0.717) is 0 Å². The zero-order chi connectivity index (χ0) is 46.0. The van der Waals surface area contributed by atoms with Gasteiger partial charge in [0, 0.05) is 26.7 Å². The minimum atomic E-state index is -1.78. The monoisotopic (exact) mass is 1030 g/mol. The molecule has 0 radical (unpaired) electrons. The van der Waals surface area contributed by atoms with Gasteiger partial charge in [0.2, 0.25) is 0 Å². The van der Waals surface area contributed by atoms with Gasteiger partial charge < -0.3 is 20.3 Å². The zero-order valence-electron chi connectivity index (χ0n) is 39.4. The molecule has 67 heavy (non-hydrogen) atoms. The van der Waals surface area contributed by atoms with Gasteiger partial charge >= 0.3 is 26.2 Å². The van der Waals surface area contributed by atoms with Gasteiger partial charge in [-0.3, -0.25) is 0 Å². The van der Waals surface area contributed by atoms with Crippen LogP contribution in [-0.4, -0.2) is 52.8 Å². The van der Waals surface area contributed by atoms with Gasteiger partial charge in [0.15, 0.2) is 0 Å². The van der Waals surface area contributed by atoms with E-state index < -0.39 is 29.7 Å². The van der Waals surface area contributed by atoms with Crippen molar-refractivity contribution in [2.24, 2.45) is 0 Å². The molecule has 0 heterocycles. The molecule has 336 valence electrons. The van der Waals surface area contributed by atoms with Crippen molar-refractivity contribution in [1.82, 2.24) is 0 Å². The van der Waals surface area contributed by atoms with Crippen LogP contribution >= 0.6 is 29.7 Å². The Balaban J connectivity index is 0.000000218. The van der Waals surface area contributed by atoms with E-state index in [0.717, 1.165) is 39.0 Å². The maximum Gasteiger partial charge on any atom is 4.00 e. The van der Waals surface area contributed by atoms with Gasteiger partial charge in [-0.15, -0.1) is 26.2 Å². The van der Waals surface area contributed by atoms with Crippen LogP contribution in [0.3, 0.4) is 0 Å². The SMILES string of the molecule is C[P+]([N-]CCC[N-][P+](C)(c1ccccc1)c1ccccc1)(c1ccccc1)c1ccccc1.C[P+]([N-]CCC[N-][P+](C)(c1ccccc1)c1ccccc1)(c1ccccc1)c1ccccc1.[Zr+4]. The van der Waals surface area contributed by atoms with Crippen LogP contribution in [0, 0.1) is 0 Å². The molecule has 8 aromatic rings. The maximum absolute atomic E-state index is 5.32. The summed E-state index contributed by atoms with van der Waals surface area (Å²) in [6.07, 6.45) is 1.93. The van der Waals surface area contributed by atoms with Crippen molar-refractivity contribution in [2.75, 3.05) is 52.8 Å². The third-order valence-electron chi connectivity index (χ3n) is 12.2. The summed E-state index contributed by atoms with van der Waals surface area (Å²) in [5.41, 5.74) is 0. The molecule has 0 spiro atoms. The second-order valence-electron chi connectivity index (χ2n) is 16.7. The molecule has 0 N–H and O–H groups in total. The van der Waals surface area contributed by atoms with Gasteiger partial charge in [-0.25, -0.2) is 0 Å². The van der Waals surface area contributed by atoms with Crippen LogP contribution in [0.15, 0.2) is 243 Å². The molecule has 0 aliphatic rings. The largest absolute Gasteiger partial charge is 4.00 e. The first-order valence-corrected chi connectivity index (χ1v) is 31.7. The Kier molecular flexibility index (Phi) is 20.6. The van der Waals surface area contributed by atoms with Crippen LogP contribution in [0.2, 0.25) is 0 Å². The standard InChI is InChI=1S/2C29H32N2P2.Zr/c2*1-32(26-16-7-3-8-17-26,27-18-9-4-10-19-27)30-24-15-25-31-33(2,28-20-11-5-12-21-28)29-22-13-6-14-23-29;/h2*3-14,16-23H,15,24-25H2,1-2H3;/q;;+4. The molecule has 0 amide bonds. The van der Waals surface area contributed by atoms with Crippen LogP contribution in [0.1, 0.15) is 12.8 Å². The van der Waals surface area contributed by atoms with E-state index in [1.165, 1.54) is 42.4 Å². The Morgan fingerprint density at radius 1 is 0.224 bits per heavy atom. The molecule has 0 aliphatic heterocycles. The Bertz CT molecular complexity index is 2060. The molecule has 4 nitrogen and oxygen atoms in total. The van der Waals surface area contributed by atoms with E-state index in [9.17, 15) is 0 Å². The van der Waals surface area contributed by atoms with Crippen molar-refractivity contribution in [1.29, 1.82) is 0 Å². The second kappa shape index (κ2) is 26.3. The summed E-state index contributed by atoms with van der Waals surface area (Å²) in [7, 11) is -7.11. The summed E-state index contributed by atoms with van der Waals surface area (Å²) in [6, 6.07) is 86.2. The Morgan fingerprint density at radius 2 is 0.343 bits per heavy atom. The topological polar surface area (TPSA) is 56.4 Å². The number of nitrogens with zero attached hydrogens (tertiary/aromatic N) is 4. The van der Waals surface area contributed by atoms with Gasteiger partial charge in [-0.2, -0.15) is 0 Å². The molecule has 0 saturated carbocycles. The fraction of sp³-hybridized carbons (Fsp3) is 0.172. The summed E-state index contributed by atoms with van der Waals surface area (Å²) in [6.45, 7) is 12.6. The molecular weight excluding hydrogens is 968 g/mol. The molecule has 0 atom stereocenters. The van der Waals surface area contributed by atoms with Crippen molar-refractivity contribution < 1.29 is 26.2 Å². The van der Waals surface area contributed by atoms with Crippen LogP contribution < -0.4 is 42.4 Å². The molecule has 8 aromatic carbocycles. The Morgan fingerprint density at radius 3 is 0.463 bits per heavy atom. The first kappa shape index (κ1) is 52.6. The molecule has 0 aromatic heterocycles. The number of hydrogen-bond acceptors (Lipinski definition) is 0. The van der Waals surface area contributed by atoms with Crippen LogP contribution in [0.4, 0.5) is 0 Å². The first-order chi connectivity index (χ1) is 32.3. The summed E-state index contributed by atoms with van der Waals surface area (Å²) in [5, 5.41) is 32.0. The molecule has 0 saturated heterocycles. The first-order valence-electron chi connectivity index (χ1n) is 22.9. The minimum Gasteiger partial charge on any atom is -0.482 e. The predicted octanol–water partition coefficient (Wildman–Crippen LogP) is 13.1. The average molecular weight is 1030 g/mol. The van der Waals surface area contributed by atoms with Crippen molar-refractivity contribution >= 4 is 72.1 Å². The van der Waals surface area contributed by atoms with Crippen molar-refractivity contribution in [3.8, 4) is 0 Å². The third-order valence-corrected chi connectivity index (χ3v) is 25.7. The zero-order valence-corrected chi connectivity index (χ0v) is 45.5. The van der Waals surface area contributed by atoms with E-state index in [2.05, 4.69) is 269 Å². The normalized spacial score (nSPS) is 11.8. The fourth-order valence-corrected chi connectivity index (χ4v) is 18.9. The molecule has 0 unspecified atom stereocenters. The molecule has 9 heteroatoms. The number of hydrogen-bond donors (Lipinski definition) is 0. The van der Waals surface area contributed by atoms with Gasteiger partial charge in [0.05, 0.1) is 42.4 Å². The summed E-state index contributed by atoms with van der Waals surface area (Å²) in [4.78, 5) is 0. The summed E-state index contributed by atoms with van der Waals surface area (Å²) in [5.74, 6) is 0. The van der Waals surface area contributed by atoms with E-state index in [-0.39, 0.29) is 26.2 Å². The van der Waals surface area contributed by atoms with Crippen molar-refractivity contribution in [2.45, 2.75) is 12.8 Å². The summed E-state index contributed by atoms with van der Waals surface area (Å²) >= 11 is 0. The van der Waals surface area contributed by atoms with Crippen molar-refractivity contribution in [3.05, 3.63) is 263 Å². The van der Waals surface area contributed by atoms with E-state index in [4.69, 9.17) is 20.3 Å². The molecule has 0 fully saturated rings. The fourth-order valence-electron chi connectivity index (χ4n) is 8.22. The van der Waals surface area contributed by atoms with Gasteiger partial charge in [-0.1, -0.05) is 158 Å². The minimum absolute atomic E-state index is 0. The maximum atomic E-state index is 5.32. The van der Waals surface area contributed by atoms with E-state index >= 15 is 0 Å². The van der Waals surface area contributed by atoms with Gasteiger partial charge in [0.1, 0.15) is 0 Å². The Hall–Kier alpha value is -3.80.